The first-order chi connectivity index (χ1) is 10.6. The van der Waals surface area contributed by atoms with Gasteiger partial charge in [0.25, 0.3) is 5.69 Å². The summed E-state index contributed by atoms with van der Waals surface area (Å²) in [6, 6.07) is 5.00. The largest absolute Gasteiger partial charge is 0.364 e. The first-order valence-electron chi connectivity index (χ1n) is 7.54. The Balaban J connectivity index is 1.77. The molecule has 0 atom stereocenters. The SMILES string of the molecule is O=C(C1CC1)N1CCCN(c2cc(Br)ccc2[N+](=O)[O-])CC1. The molecule has 1 saturated carbocycles. The van der Waals surface area contributed by atoms with Crippen LogP contribution in [0.1, 0.15) is 19.3 Å². The van der Waals surface area contributed by atoms with Gasteiger partial charge in [-0.3, -0.25) is 14.9 Å². The highest BCUT2D eigenvalue weighted by atomic mass is 79.9. The summed E-state index contributed by atoms with van der Waals surface area (Å²) in [5, 5.41) is 11.2. The van der Waals surface area contributed by atoms with Crippen LogP contribution in [0.15, 0.2) is 22.7 Å². The molecule has 7 heteroatoms. The molecule has 118 valence electrons. The van der Waals surface area contributed by atoms with E-state index < -0.39 is 0 Å². The minimum Gasteiger partial charge on any atom is -0.364 e. The van der Waals surface area contributed by atoms with Crippen molar-refractivity contribution in [3.05, 3.63) is 32.8 Å². The third-order valence-corrected chi connectivity index (χ3v) is 4.70. The third kappa shape index (κ3) is 3.24. The van der Waals surface area contributed by atoms with Gasteiger partial charge in [0.1, 0.15) is 5.69 Å². The zero-order valence-corrected chi connectivity index (χ0v) is 13.8. The number of hydrogen-bond acceptors (Lipinski definition) is 4. The molecule has 22 heavy (non-hydrogen) atoms. The Morgan fingerprint density at radius 3 is 2.68 bits per heavy atom. The van der Waals surface area contributed by atoms with Crippen molar-refractivity contribution in [1.29, 1.82) is 0 Å². The highest BCUT2D eigenvalue weighted by Gasteiger charge is 2.34. The molecule has 1 aliphatic heterocycles. The van der Waals surface area contributed by atoms with Crippen LogP contribution in [0.5, 0.6) is 0 Å². The minimum absolute atomic E-state index is 0.116. The summed E-state index contributed by atoms with van der Waals surface area (Å²) < 4.78 is 0.822. The normalized spacial score (nSPS) is 19.0. The molecule has 2 aliphatic rings. The molecule has 0 bridgehead atoms. The molecular formula is C15H18BrN3O3. The lowest BCUT2D eigenvalue weighted by molar-refractivity contribution is -0.384. The van der Waals surface area contributed by atoms with Crippen LogP contribution in [0.2, 0.25) is 0 Å². The average molecular weight is 368 g/mol. The number of rotatable bonds is 3. The van der Waals surface area contributed by atoms with Crippen molar-refractivity contribution in [1.82, 2.24) is 4.90 Å². The second kappa shape index (κ2) is 6.24. The molecule has 0 aromatic heterocycles. The van der Waals surface area contributed by atoms with E-state index in [0.717, 1.165) is 36.8 Å². The van der Waals surface area contributed by atoms with Gasteiger partial charge >= 0.3 is 0 Å². The Bertz CT molecular complexity index is 604. The number of nitrogens with zero attached hydrogens (tertiary/aromatic N) is 3. The predicted octanol–water partition coefficient (Wildman–Crippen LogP) is 2.81. The van der Waals surface area contributed by atoms with Gasteiger partial charge in [0.15, 0.2) is 0 Å². The molecule has 0 unspecified atom stereocenters. The molecule has 1 aliphatic carbocycles. The summed E-state index contributed by atoms with van der Waals surface area (Å²) in [6.07, 6.45) is 2.86. The maximum Gasteiger partial charge on any atom is 0.292 e. The Labute approximate surface area is 137 Å². The van der Waals surface area contributed by atoms with Crippen LogP contribution < -0.4 is 4.90 Å². The average Bonchev–Trinajstić information content (AvgIpc) is 3.32. The van der Waals surface area contributed by atoms with Crippen LogP contribution in [-0.4, -0.2) is 41.9 Å². The first-order valence-corrected chi connectivity index (χ1v) is 8.33. The molecule has 1 aromatic carbocycles. The fourth-order valence-corrected chi connectivity index (χ4v) is 3.22. The zero-order chi connectivity index (χ0) is 15.7. The van der Waals surface area contributed by atoms with Crippen LogP contribution >= 0.6 is 15.9 Å². The number of hydrogen-bond donors (Lipinski definition) is 0. The van der Waals surface area contributed by atoms with Crippen molar-refractivity contribution >= 4 is 33.2 Å². The predicted molar refractivity (Wildman–Crippen MR) is 86.9 cm³/mol. The van der Waals surface area contributed by atoms with Gasteiger partial charge in [-0.15, -0.1) is 0 Å². The number of anilines is 1. The van der Waals surface area contributed by atoms with Crippen molar-refractivity contribution < 1.29 is 9.72 Å². The van der Waals surface area contributed by atoms with Gasteiger partial charge in [0.2, 0.25) is 5.91 Å². The Morgan fingerprint density at radius 2 is 2.00 bits per heavy atom. The van der Waals surface area contributed by atoms with Gasteiger partial charge in [-0.05, 0) is 31.4 Å². The molecule has 0 spiro atoms. The molecule has 1 heterocycles. The minimum atomic E-state index is -0.347. The number of carbonyl (C=O) groups excluding carboxylic acids is 1. The van der Waals surface area contributed by atoms with Crippen molar-refractivity contribution in [3.8, 4) is 0 Å². The Kier molecular flexibility index (Phi) is 4.33. The zero-order valence-electron chi connectivity index (χ0n) is 12.2. The Hall–Kier alpha value is -1.63. The number of amides is 1. The third-order valence-electron chi connectivity index (χ3n) is 4.21. The van der Waals surface area contributed by atoms with Crippen molar-refractivity contribution in [2.24, 2.45) is 5.92 Å². The smallest absolute Gasteiger partial charge is 0.292 e. The Morgan fingerprint density at radius 1 is 1.23 bits per heavy atom. The number of carbonyl (C=O) groups is 1. The standard InChI is InChI=1S/C15H18BrN3O3/c16-12-4-5-13(19(21)22)14(10-12)17-6-1-7-18(9-8-17)15(20)11-2-3-11/h4-5,10-11H,1-3,6-9H2. The second-order valence-electron chi connectivity index (χ2n) is 5.83. The van der Waals surface area contributed by atoms with Crippen LogP contribution in [0, 0.1) is 16.0 Å². The monoisotopic (exact) mass is 367 g/mol. The van der Waals surface area contributed by atoms with Crippen LogP contribution in [0.3, 0.4) is 0 Å². The number of halogens is 1. The van der Waals surface area contributed by atoms with E-state index in [4.69, 9.17) is 0 Å². The lowest BCUT2D eigenvalue weighted by Crippen LogP contribution is -2.36. The van der Waals surface area contributed by atoms with E-state index in [0.29, 0.717) is 18.8 Å². The number of benzene rings is 1. The van der Waals surface area contributed by atoms with Gasteiger partial charge in [0.05, 0.1) is 4.92 Å². The summed E-state index contributed by atoms with van der Waals surface area (Å²) in [5.74, 6) is 0.484. The molecule has 0 N–H and O–H groups in total. The molecule has 1 saturated heterocycles. The number of nitro benzene ring substituents is 1. The maximum absolute atomic E-state index is 12.2. The molecule has 1 amide bonds. The topological polar surface area (TPSA) is 66.7 Å². The first kappa shape index (κ1) is 15.3. The summed E-state index contributed by atoms with van der Waals surface area (Å²) in [5.41, 5.74) is 0.741. The van der Waals surface area contributed by atoms with Crippen LogP contribution in [-0.2, 0) is 4.79 Å². The van der Waals surface area contributed by atoms with Crippen LogP contribution in [0.25, 0.3) is 0 Å². The number of nitro groups is 1. The van der Waals surface area contributed by atoms with E-state index >= 15 is 0 Å². The molecule has 6 nitrogen and oxygen atoms in total. The van der Waals surface area contributed by atoms with E-state index in [1.165, 1.54) is 6.07 Å². The fourth-order valence-electron chi connectivity index (χ4n) is 2.87. The summed E-state index contributed by atoms with van der Waals surface area (Å²) >= 11 is 3.38. The lowest BCUT2D eigenvalue weighted by Gasteiger charge is -2.23. The second-order valence-corrected chi connectivity index (χ2v) is 6.75. The highest BCUT2D eigenvalue weighted by molar-refractivity contribution is 9.10. The van der Waals surface area contributed by atoms with Crippen LogP contribution in [0.4, 0.5) is 11.4 Å². The fraction of sp³-hybridized carbons (Fsp3) is 0.533. The molecule has 0 radical (unpaired) electrons. The van der Waals surface area contributed by atoms with E-state index in [1.807, 2.05) is 9.80 Å². The van der Waals surface area contributed by atoms with E-state index in [9.17, 15) is 14.9 Å². The van der Waals surface area contributed by atoms with Gasteiger partial charge in [0, 0.05) is 42.6 Å². The molecule has 3 rings (SSSR count). The quantitative estimate of drug-likeness (QED) is 0.608. The van der Waals surface area contributed by atoms with E-state index in [1.54, 1.807) is 12.1 Å². The van der Waals surface area contributed by atoms with Crippen molar-refractivity contribution in [2.45, 2.75) is 19.3 Å². The molecule has 1 aromatic rings. The molecule has 2 fully saturated rings. The van der Waals surface area contributed by atoms with Gasteiger partial charge in [-0.2, -0.15) is 0 Å². The van der Waals surface area contributed by atoms with Crippen molar-refractivity contribution in [2.75, 3.05) is 31.1 Å². The highest BCUT2D eigenvalue weighted by Crippen LogP contribution is 2.33. The maximum atomic E-state index is 12.2. The van der Waals surface area contributed by atoms with Gasteiger partial charge in [-0.25, -0.2) is 0 Å². The van der Waals surface area contributed by atoms with Crippen molar-refractivity contribution in [3.63, 3.8) is 0 Å². The van der Waals surface area contributed by atoms with E-state index in [-0.39, 0.29) is 22.4 Å². The summed E-state index contributed by atoms with van der Waals surface area (Å²) in [7, 11) is 0. The summed E-state index contributed by atoms with van der Waals surface area (Å²) in [6.45, 7) is 2.74. The van der Waals surface area contributed by atoms with E-state index in [2.05, 4.69) is 15.9 Å². The lowest BCUT2D eigenvalue weighted by atomic mass is 10.2. The summed E-state index contributed by atoms with van der Waals surface area (Å²) in [4.78, 5) is 27.0. The van der Waals surface area contributed by atoms with Gasteiger partial charge < -0.3 is 9.80 Å². The molecular weight excluding hydrogens is 350 g/mol. The van der Waals surface area contributed by atoms with Gasteiger partial charge in [-0.1, -0.05) is 15.9 Å².